The van der Waals surface area contributed by atoms with Crippen LogP contribution < -0.4 is 5.73 Å². The van der Waals surface area contributed by atoms with E-state index in [1.54, 1.807) is 19.3 Å². The summed E-state index contributed by atoms with van der Waals surface area (Å²) in [6.45, 7) is 1.45. The molecule has 0 saturated carbocycles. The Balaban J connectivity index is 1.94. The number of nitrogens with two attached hydrogens (primary N) is 1. The summed E-state index contributed by atoms with van der Waals surface area (Å²) in [6.07, 6.45) is -2.55. The highest BCUT2D eigenvalue weighted by Crippen LogP contribution is 2.37. The number of aliphatic hydroxyl groups excluding tert-OH is 4. The normalized spacial score (nSPS) is 27.5. The molecule has 0 aromatic heterocycles. The van der Waals surface area contributed by atoms with Crippen molar-refractivity contribution in [2.75, 3.05) is 13.7 Å². The molecule has 1 heterocycles. The molecule has 1 aliphatic rings. The first-order chi connectivity index (χ1) is 14.4. The van der Waals surface area contributed by atoms with Crippen LogP contribution in [0.1, 0.15) is 22.8 Å². The quantitative estimate of drug-likeness (QED) is 0.469. The molecule has 30 heavy (non-hydrogen) atoms. The zero-order valence-corrected chi connectivity index (χ0v) is 17.0. The van der Waals surface area contributed by atoms with Crippen LogP contribution in [0.3, 0.4) is 0 Å². The smallest absolute Gasteiger partial charge is 0.113 e. The average Bonchev–Trinajstić information content (AvgIpc) is 2.77. The van der Waals surface area contributed by atoms with Crippen molar-refractivity contribution >= 4 is 11.9 Å². The van der Waals surface area contributed by atoms with Crippen molar-refractivity contribution in [3.8, 4) is 11.1 Å². The van der Waals surface area contributed by atoms with Gasteiger partial charge in [0, 0.05) is 19.0 Å². The third kappa shape index (κ3) is 4.30. The van der Waals surface area contributed by atoms with E-state index in [1.807, 2.05) is 49.4 Å². The Morgan fingerprint density at radius 3 is 2.40 bits per heavy atom. The lowest BCUT2D eigenvalue weighted by atomic mass is 9.87. The first kappa shape index (κ1) is 22.1. The number of hydrogen-bond acceptors (Lipinski definition) is 7. The highest BCUT2D eigenvalue weighted by atomic mass is 16.5. The molecule has 2 aromatic rings. The maximum absolute atomic E-state index is 10.5. The van der Waals surface area contributed by atoms with Gasteiger partial charge in [0.15, 0.2) is 0 Å². The summed E-state index contributed by atoms with van der Waals surface area (Å²) in [7, 11) is 1.68. The van der Waals surface area contributed by atoms with Gasteiger partial charge in [0.25, 0.3) is 0 Å². The molecule has 0 spiro atoms. The minimum atomic E-state index is -1.41. The number of hydrogen-bond donors (Lipinski definition) is 5. The molecular weight excluding hydrogens is 384 g/mol. The van der Waals surface area contributed by atoms with Gasteiger partial charge >= 0.3 is 0 Å². The topological polar surface area (TPSA) is 129 Å². The largest absolute Gasteiger partial charge is 0.398 e. The number of nitrogens with zero attached hydrogens (tertiary/aromatic N) is 1. The number of rotatable bonds is 5. The Morgan fingerprint density at radius 1 is 1.07 bits per heavy atom. The van der Waals surface area contributed by atoms with Crippen LogP contribution in [0.25, 0.3) is 16.8 Å². The number of aliphatic hydroxyl groups is 4. The van der Waals surface area contributed by atoms with Gasteiger partial charge in [-0.3, -0.25) is 4.99 Å². The zero-order chi connectivity index (χ0) is 21.8. The molecule has 7 nitrogen and oxygen atoms in total. The molecular formula is C23H28N2O5. The summed E-state index contributed by atoms with van der Waals surface area (Å²) in [4.78, 5) is 3.90. The van der Waals surface area contributed by atoms with Crippen LogP contribution in [-0.2, 0) is 4.74 Å². The molecule has 3 unspecified atom stereocenters. The Labute approximate surface area is 175 Å². The predicted molar refractivity (Wildman–Crippen MR) is 116 cm³/mol. The second-order valence-electron chi connectivity index (χ2n) is 7.38. The van der Waals surface area contributed by atoms with Gasteiger partial charge in [0.1, 0.15) is 30.5 Å². The van der Waals surface area contributed by atoms with Crippen molar-refractivity contribution in [1.29, 1.82) is 0 Å². The van der Waals surface area contributed by atoms with Crippen molar-refractivity contribution in [1.82, 2.24) is 0 Å². The van der Waals surface area contributed by atoms with Crippen molar-refractivity contribution in [2.45, 2.75) is 37.4 Å². The van der Waals surface area contributed by atoms with E-state index in [0.29, 0.717) is 11.3 Å². The minimum absolute atomic E-state index is 0.459. The zero-order valence-electron chi connectivity index (χ0n) is 17.0. The highest BCUT2D eigenvalue weighted by molar-refractivity contribution is 5.83. The summed E-state index contributed by atoms with van der Waals surface area (Å²) < 4.78 is 5.73. The maximum Gasteiger partial charge on any atom is 0.113 e. The summed E-state index contributed by atoms with van der Waals surface area (Å²) in [6, 6.07) is 13.4. The molecule has 1 saturated heterocycles. The molecule has 0 aliphatic carbocycles. The van der Waals surface area contributed by atoms with Crippen LogP contribution in [0.15, 0.2) is 53.5 Å². The first-order valence-corrected chi connectivity index (χ1v) is 9.77. The Kier molecular flexibility index (Phi) is 7.02. The van der Waals surface area contributed by atoms with Gasteiger partial charge in [-0.1, -0.05) is 42.5 Å². The molecule has 6 N–H and O–H groups in total. The van der Waals surface area contributed by atoms with Crippen LogP contribution in [-0.4, -0.2) is 64.7 Å². The van der Waals surface area contributed by atoms with E-state index in [1.165, 1.54) is 0 Å². The van der Waals surface area contributed by atoms with Crippen molar-refractivity contribution < 1.29 is 25.2 Å². The third-order valence-electron chi connectivity index (χ3n) is 5.51. The lowest BCUT2D eigenvalue weighted by Gasteiger charge is -2.40. The average molecular weight is 412 g/mol. The highest BCUT2D eigenvalue weighted by Gasteiger charge is 2.44. The van der Waals surface area contributed by atoms with Crippen LogP contribution in [0.2, 0.25) is 0 Å². The molecule has 0 amide bonds. The summed E-state index contributed by atoms with van der Waals surface area (Å²) in [5.74, 6) is 0. The molecule has 1 aliphatic heterocycles. The number of benzene rings is 2. The molecule has 0 bridgehead atoms. The van der Waals surface area contributed by atoms with Crippen molar-refractivity contribution in [3.05, 3.63) is 65.2 Å². The Hall–Kier alpha value is -2.55. The summed E-state index contributed by atoms with van der Waals surface area (Å²) in [5, 5.41) is 40.1. The predicted octanol–water partition coefficient (Wildman–Crippen LogP) is 1.18. The third-order valence-corrected chi connectivity index (χ3v) is 5.51. The fourth-order valence-electron chi connectivity index (χ4n) is 3.73. The SMILES string of the molecule is CN=C/C=C(\N)c1ccc(-c2cccc([C@H]3OC(CO)[C@@H](O)C(O)C3O)c2C)cc1. The van der Waals surface area contributed by atoms with E-state index in [2.05, 4.69) is 4.99 Å². The van der Waals surface area contributed by atoms with Gasteiger partial charge in [0.2, 0.25) is 0 Å². The van der Waals surface area contributed by atoms with Crippen LogP contribution in [0.5, 0.6) is 0 Å². The molecule has 5 atom stereocenters. The van der Waals surface area contributed by atoms with Crippen LogP contribution in [0, 0.1) is 6.92 Å². The van der Waals surface area contributed by atoms with Crippen LogP contribution >= 0.6 is 0 Å². The number of allylic oxidation sites excluding steroid dienone is 1. The van der Waals surface area contributed by atoms with E-state index in [9.17, 15) is 20.4 Å². The fraction of sp³-hybridized carbons (Fsp3) is 0.348. The molecule has 2 aromatic carbocycles. The van der Waals surface area contributed by atoms with E-state index >= 15 is 0 Å². The summed E-state index contributed by atoms with van der Waals surface area (Å²) in [5.41, 5.74) is 11.0. The van der Waals surface area contributed by atoms with Gasteiger partial charge < -0.3 is 30.9 Å². The monoisotopic (exact) mass is 412 g/mol. The van der Waals surface area contributed by atoms with E-state index in [4.69, 9.17) is 10.5 Å². The van der Waals surface area contributed by atoms with E-state index in [0.717, 1.165) is 22.3 Å². The van der Waals surface area contributed by atoms with Gasteiger partial charge in [-0.2, -0.15) is 0 Å². The van der Waals surface area contributed by atoms with Crippen LogP contribution in [0.4, 0.5) is 0 Å². The fourth-order valence-corrected chi connectivity index (χ4v) is 3.73. The molecule has 0 radical (unpaired) electrons. The van der Waals surface area contributed by atoms with E-state index < -0.39 is 37.1 Å². The minimum Gasteiger partial charge on any atom is -0.398 e. The van der Waals surface area contributed by atoms with Gasteiger partial charge in [-0.25, -0.2) is 0 Å². The van der Waals surface area contributed by atoms with E-state index in [-0.39, 0.29) is 0 Å². The van der Waals surface area contributed by atoms with Gasteiger partial charge in [0.05, 0.1) is 6.61 Å². The second kappa shape index (κ2) is 9.51. The van der Waals surface area contributed by atoms with Crippen molar-refractivity contribution in [3.63, 3.8) is 0 Å². The van der Waals surface area contributed by atoms with Crippen molar-refractivity contribution in [2.24, 2.45) is 10.7 Å². The lowest BCUT2D eigenvalue weighted by molar-refractivity contribution is -0.231. The number of ether oxygens (including phenoxy) is 1. The Bertz CT molecular complexity index is 924. The summed E-state index contributed by atoms with van der Waals surface area (Å²) >= 11 is 0. The maximum atomic E-state index is 10.5. The second-order valence-corrected chi connectivity index (χ2v) is 7.38. The Morgan fingerprint density at radius 2 is 1.77 bits per heavy atom. The van der Waals surface area contributed by atoms with Gasteiger partial charge in [-0.15, -0.1) is 0 Å². The number of aliphatic imine (C=N–C) groups is 1. The van der Waals surface area contributed by atoms with Gasteiger partial charge in [-0.05, 0) is 40.8 Å². The first-order valence-electron chi connectivity index (χ1n) is 9.77. The molecule has 160 valence electrons. The standard InChI is InChI=1S/C23H28N2O5/c1-13-16(14-6-8-15(9-7-14)18(24)10-11-25-2)4-3-5-17(13)23-22(29)21(28)20(27)19(12-26)30-23/h3-11,19-23,26-29H,12,24H2,1-2H3/b18-10-,25-11?/t19?,20-,21?,22?,23-/m1/s1. The molecule has 1 fully saturated rings. The molecule has 3 rings (SSSR count). The molecule has 7 heteroatoms. The lowest BCUT2D eigenvalue weighted by Crippen LogP contribution is -2.55.